The number of hydrogen-bond donors (Lipinski definition) is 1. The van der Waals surface area contributed by atoms with E-state index in [-0.39, 0.29) is 23.9 Å². The number of amides is 1. The van der Waals surface area contributed by atoms with Crippen molar-refractivity contribution in [2.45, 2.75) is 32.9 Å². The second kappa shape index (κ2) is 6.47. The first kappa shape index (κ1) is 14.5. The van der Waals surface area contributed by atoms with E-state index in [1.165, 1.54) is 17.0 Å². The van der Waals surface area contributed by atoms with E-state index in [0.717, 1.165) is 10.6 Å². The summed E-state index contributed by atoms with van der Waals surface area (Å²) in [5, 5.41) is 4.74. The molecule has 0 aliphatic rings. The summed E-state index contributed by atoms with van der Waals surface area (Å²) >= 11 is 1.58. The fourth-order valence-corrected chi connectivity index (χ4v) is 2.33. The molecule has 0 saturated carbocycles. The summed E-state index contributed by atoms with van der Waals surface area (Å²) in [6.45, 7) is 4.43. The lowest BCUT2D eigenvalue weighted by Crippen LogP contribution is -2.32. The Morgan fingerprint density at radius 1 is 1.50 bits per heavy atom. The number of aromatic nitrogens is 2. The van der Waals surface area contributed by atoms with E-state index in [0.29, 0.717) is 6.54 Å². The second-order valence-electron chi connectivity index (χ2n) is 4.79. The summed E-state index contributed by atoms with van der Waals surface area (Å²) in [5.41, 5.74) is 0.542. The van der Waals surface area contributed by atoms with Gasteiger partial charge in [-0.2, -0.15) is 0 Å². The molecule has 0 saturated heterocycles. The van der Waals surface area contributed by atoms with Crippen LogP contribution in [0.25, 0.3) is 0 Å². The van der Waals surface area contributed by atoms with E-state index >= 15 is 0 Å². The molecule has 0 fully saturated rings. The van der Waals surface area contributed by atoms with Crippen LogP contribution in [0.2, 0.25) is 0 Å². The number of nitrogens with one attached hydrogen (secondary N) is 1. The Labute approximate surface area is 121 Å². The van der Waals surface area contributed by atoms with Crippen LogP contribution in [0.3, 0.4) is 0 Å². The lowest BCUT2D eigenvalue weighted by Gasteiger charge is -2.08. The maximum atomic E-state index is 11.9. The fourth-order valence-electron chi connectivity index (χ4n) is 1.68. The van der Waals surface area contributed by atoms with Crippen LogP contribution in [0.5, 0.6) is 0 Å². The minimum Gasteiger partial charge on any atom is -0.350 e. The minimum absolute atomic E-state index is 0.00438. The van der Waals surface area contributed by atoms with Crippen molar-refractivity contribution in [2.24, 2.45) is 0 Å². The minimum atomic E-state index is -0.199. The Hall–Kier alpha value is -1.95. The quantitative estimate of drug-likeness (QED) is 0.912. The predicted molar refractivity (Wildman–Crippen MR) is 78.8 cm³/mol. The molecule has 2 rings (SSSR count). The Morgan fingerprint density at radius 2 is 2.30 bits per heavy atom. The van der Waals surface area contributed by atoms with Crippen molar-refractivity contribution < 1.29 is 4.79 Å². The van der Waals surface area contributed by atoms with Crippen LogP contribution in [-0.2, 0) is 17.9 Å². The molecule has 0 aliphatic carbocycles. The topological polar surface area (TPSA) is 64.0 Å². The van der Waals surface area contributed by atoms with E-state index in [4.69, 9.17) is 0 Å². The van der Waals surface area contributed by atoms with Gasteiger partial charge in [-0.1, -0.05) is 19.9 Å². The Bertz CT molecular complexity index is 632. The molecular weight excluding hydrogens is 274 g/mol. The van der Waals surface area contributed by atoms with Gasteiger partial charge >= 0.3 is 0 Å². The molecule has 0 radical (unpaired) electrons. The van der Waals surface area contributed by atoms with Crippen molar-refractivity contribution in [2.75, 3.05) is 0 Å². The van der Waals surface area contributed by atoms with Crippen molar-refractivity contribution in [3.63, 3.8) is 0 Å². The van der Waals surface area contributed by atoms with Crippen LogP contribution < -0.4 is 10.9 Å². The van der Waals surface area contributed by atoms with Crippen molar-refractivity contribution in [1.29, 1.82) is 0 Å². The van der Waals surface area contributed by atoms with E-state index in [1.807, 2.05) is 31.4 Å². The lowest BCUT2D eigenvalue weighted by molar-refractivity contribution is -0.121. The third-order valence-electron chi connectivity index (χ3n) is 2.85. The van der Waals surface area contributed by atoms with Gasteiger partial charge in [0.1, 0.15) is 6.54 Å². The number of rotatable bonds is 5. The van der Waals surface area contributed by atoms with Gasteiger partial charge in [-0.25, -0.2) is 4.98 Å². The van der Waals surface area contributed by atoms with E-state index in [1.54, 1.807) is 11.3 Å². The molecule has 0 unspecified atom stereocenters. The number of carbonyl (C=O) groups is 1. The summed E-state index contributed by atoms with van der Waals surface area (Å²) in [4.78, 5) is 28.9. The largest absolute Gasteiger partial charge is 0.350 e. The van der Waals surface area contributed by atoms with Crippen LogP contribution in [0.1, 0.15) is 30.3 Å². The molecule has 5 nitrogen and oxygen atoms in total. The van der Waals surface area contributed by atoms with Gasteiger partial charge in [-0.15, -0.1) is 11.3 Å². The summed E-state index contributed by atoms with van der Waals surface area (Å²) in [7, 11) is 0. The highest BCUT2D eigenvalue weighted by molar-refractivity contribution is 7.09. The summed E-state index contributed by atoms with van der Waals surface area (Å²) in [6.07, 6.45) is 1.43. The molecule has 1 N–H and O–H groups in total. The highest BCUT2D eigenvalue weighted by Gasteiger charge is 2.07. The molecular formula is C14H17N3O2S. The molecule has 0 bridgehead atoms. The van der Waals surface area contributed by atoms with Crippen molar-refractivity contribution >= 4 is 17.2 Å². The lowest BCUT2D eigenvalue weighted by atomic mass is 10.1. The van der Waals surface area contributed by atoms with E-state index in [9.17, 15) is 9.59 Å². The van der Waals surface area contributed by atoms with Gasteiger partial charge in [0, 0.05) is 10.9 Å². The first-order chi connectivity index (χ1) is 9.56. The van der Waals surface area contributed by atoms with E-state index in [2.05, 4.69) is 10.3 Å². The third kappa shape index (κ3) is 3.77. The Balaban J connectivity index is 1.96. The molecule has 20 heavy (non-hydrogen) atoms. The number of thiophene rings is 1. The Kier molecular flexibility index (Phi) is 4.68. The molecule has 0 atom stereocenters. The molecule has 0 aliphatic heterocycles. The molecule has 1 amide bonds. The van der Waals surface area contributed by atoms with Gasteiger partial charge in [0.15, 0.2) is 0 Å². The standard InChI is InChI=1S/C14H17N3O2S/c1-10(2)12-6-14(19)17(9-16-12)8-13(18)15-7-11-4-3-5-20-11/h3-6,9-10H,7-8H2,1-2H3,(H,15,18). The molecule has 2 aromatic heterocycles. The SMILES string of the molecule is CC(C)c1cc(=O)n(CC(=O)NCc2cccs2)cn1. The summed E-state index contributed by atoms with van der Waals surface area (Å²) < 4.78 is 1.32. The highest BCUT2D eigenvalue weighted by Crippen LogP contribution is 2.08. The third-order valence-corrected chi connectivity index (χ3v) is 3.72. The normalized spacial score (nSPS) is 10.8. The maximum absolute atomic E-state index is 11.9. The van der Waals surface area contributed by atoms with Gasteiger partial charge in [0.2, 0.25) is 5.91 Å². The summed E-state index contributed by atoms with van der Waals surface area (Å²) in [5.74, 6) is 0.00426. The van der Waals surface area contributed by atoms with Crippen LogP contribution in [0, 0.1) is 0 Å². The molecule has 106 valence electrons. The van der Waals surface area contributed by atoms with Crippen molar-refractivity contribution in [1.82, 2.24) is 14.9 Å². The average Bonchev–Trinajstić information content (AvgIpc) is 2.91. The van der Waals surface area contributed by atoms with Crippen LogP contribution in [0.15, 0.2) is 34.7 Å². The maximum Gasteiger partial charge on any atom is 0.254 e. The van der Waals surface area contributed by atoms with Gasteiger partial charge in [-0.3, -0.25) is 14.2 Å². The first-order valence-electron chi connectivity index (χ1n) is 6.41. The van der Waals surface area contributed by atoms with Gasteiger partial charge in [0.05, 0.1) is 18.6 Å². The van der Waals surface area contributed by atoms with Gasteiger partial charge in [0.25, 0.3) is 5.56 Å². The van der Waals surface area contributed by atoms with E-state index < -0.39 is 0 Å². The molecule has 0 spiro atoms. The van der Waals surface area contributed by atoms with Gasteiger partial charge < -0.3 is 5.32 Å². The van der Waals surface area contributed by atoms with Crippen molar-refractivity contribution in [3.05, 3.63) is 50.8 Å². The highest BCUT2D eigenvalue weighted by atomic mass is 32.1. The van der Waals surface area contributed by atoms with Crippen LogP contribution in [0.4, 0.5) is 0 Å². The smallest absolute Gasteiger partial charge is 0.254 e. The summed E-state index contributed by atoms with van der Waals surface area (Å²) in [6, 6.07) is 5.37. The number of nitrogens with zero attached hydrogens (tertiary/aromatic N) is 2. The fraction of sp³-hybridized carbons (Fsp3) is 0.357. The molecule has 0 aromatic carbocycles. The van der Waals surface area contributed by atoms with Crippen LogP contribution >= 0.6 is 11.3 Å². The predicted octanol–water partition coefficient (Wildman–Crippen LogP) is 1.74. The zero-order valence-electron chi connectivity index (χ0n) is 11.5. The monoisotopic (exact) mass is 291 g/mol. The first-order valence-corrected chi connectivity index (χ1v) is 7.29. The zero-order valence-corrected chi connectivity index (χ0v) is 12.3. The second-order valence-corrected chi connectivity index (χ2v) is 5.82. The number of carbonyl (C=O) groups excluding carboxylic acids is 1. The molecule has 2 heterocycles. The molecule has 2 aromatic rings. The number of hydrogen-bond acceptors (Lipinski definition) is 4. The van der Waals surface area contributed by atoms with Crippen molar-refractivity contribution in [3.8, 4) is 0 Å². The Morgan fingerprint density at radius 3 is 2.90 bits per heavy atom. The molecule has 6 heteroatoms. The zero-order chi connectivity index (χ0) is 14.5. The van der Waals surface area contributed by atoms with Crippen LogP contribution in [-0.4, -0.2) is 15.5 Å². The average molecular weight is 291 g/mol. The van der Waals surface area contributed by atoms with Gasteiger partial charge in [-0.05, 0) is 17.4 Å².